The van der Waals surface area contributed by atoms with E-state index in [1.165, 1.54) is 13.0 Å². The number of carbonyl (C=O) groups excluding carboxylic acids is 2. The summed E-state index contributed by atoms with van der Waals surface area (Å²) >= 11 is 12.8. The number of carboxylic acids is 1. The highest BCUT2D eigenvalue weighted by molar-refractivity contribution is 6.43. The molecular weight excluding hydrogens is 479 g/mol. The molecule has 34 heavy (non-hydrogen) atoms. The number of ether oxygens (including phenoxy) is 1. The number of benzene rings is 2. The van der Waals surface area contributed by atoms with Gasteiger partial charge in [-0.3, -0.25) is 14.4 Å². The highest BCUT2D eigenvalue weighted by Crippen LogP contribution is 2.35. The summed E-state index contributed by atoms with van der Waals surface area (Å²) in [5, 5.41) is 12.0. The molecular formula is C25H26Cl2N2O5. The van der Waals surface area contributed by atoms with Gasteiger partial charge in [-0.15, -0.1) is 0 Å². The highest BCUT2D eigenvalue weighted by Gasteiger charge is 2.28. The number of halogens is 2. The second-order valence-electron chi connectivity index (χ2n) is 8.06. The number of likely N-dealkylation sites (tertiary alicyclic amines) is 1. The summed E-state index contributed by atoms with van der Waals surface area (Å²) in [6, 6.07) is 12.2. The van der Waals surface area contributed by atoms with Crippen LogP contribution >= 0.6 is 23.2 Å². The molecule has 0 saturated carbocycles. The number of piperidine rings is 1. The van der Waals surface area contributed by atoms with E-state index in [0.717, 1.165) is 5.56 Å². The van der Waals surface area contributed by atoms with Crippen LogP contribution in [0, 0.1) is 5.92 Å². The maximum Gasteiger partial charge on any atom is 0.325 e. The van der Waals surface area contributed by atoms with Gasteiger partial charge in [-0.25, -0.2) is 0 Å². The largest absolute Gasteiger partial charge is 0.487 e. The topological polar surface area (TPSA) is 95.9 Å². The maximum absolute atomic E-state index is 12.6. The van der Waals surface area contributed by atoms with Gasteiger partial charge in [0.25, 0.3) is 0 Å². The lowest BCUT2D eigenvalue weighted by Gasteiger charge is -2.31. The first kappa shape index (κ1) is 25.6. The molecule has 7 nitrogen and oxygen atoms in total. The van der Waals surface area contributed by atoms with Crippen molar-refractivity contribution >= 4 is 47.1 Å². The number of rotatable bonds is 8. The van der Waals surface area contributed by atoms with Crippen LogP contribution in [-0.4, -0.2) is 46.9 Å². The molecule has 0 unspecified atom stereocenters. The molecule has 2 N–H and O–H groups in total. The predicted molar refractivity (Wildman–Crippen MR) is 131 cm³/mol. The second kappa shape index (κ2) is 11.9. The Balaban J connectivity index is 1.54. The van der Waals surface area contributed by atoms with Crippen LogP contribution in [0.15, 0.2) is 48.5 Å². The molecule has 1 atom stereocenters. The molecule has 1 saturated heterocycles. The fraction of sp³-hybridized carbons (Fsp3) is 0.320. The van der Waals surface area contributed by atoms with Gasteiger partial charge in [-0.05, 0) is 49.1 Å². The molecule has 0 aliphatic carbocycles. The molecule has 1 heterocycles. The van der Waals surface area contributed by atoms with E-state index in [1.807, 2.05) is 30.3 Å². The average molecular weight is 505 g/mol. The minimum Gasteiger partial charge on any atom is -0.487 e. The molecule has 9 heteroatoms. The summed E-state index contributed by atoms with van der Waals surface area (Å²) in [4.78, 5) is 37.3. The molecule has 2 aromatic carbocycles. The van der Waals surface area contributed by atoms with Gasteiger partial charge in [-0.1, -0.05) is 53.5 Å². The summed E-state index contributed by atoms with van der Waals surface area (Å²) in [7, 11) is 0. The van der Waals surface area contributed by atoms with Gasteiger partial charge in [0.15, 0.2) is 0 Å². The van der Waals surface area contributed by atoms with Gasteiger partial charge in [0.2, 0.25) is 11.8 Å². The number of hydrogen-bond donors (Lipinski definition) is 2. The van der Waals surface area contributed by atoms with Crippen LogP contribution in [-0.2, 0) is 21.0 Å². The van der Waals surface area contributed by atoms with Crippen molar-refractivity contribution in [2.24, 2.45) is 5.92 Å². The summed E-state index contributed by atoms with van der Waals surface area (Å²) < 4.78 is 5.76. The minimum atomic E-state index is -1.08. The number of carbonyl (C=O) groups is 3. The van der Waals surface area contributed by atoms with Crippen LogP contribution in [0.2, 0.25) is 10.0 Å². The molecule has 0 spiro atoms. The van der Waals surface area contributed by atoms with Gasteiger partial charge in [-0.2, -0.15) is 0 Å². The third-order valence-corrected chi connectivity index (χ3v) is 6.51. The normalized spacial score (nSPS) is 15.2. The Morgan fingerprint density at radius 1 is 1.12 bits per heavy atom. The Labute approximate surface area is 208 Å². The Bertz CT molecular complexity index is 1070. The van der Waals surface area contributed by atoms with Gasteiger partial charge in [0, 0.05) is 25.1 Å². The molecule has 2 aromatic rings. The lowest BCUT2D eigenvalue weighted by atomic mass is 9.95. The predicted octanol–water partition coefficient (Wildman–Crippen LogP) is 4.41. The van der Waals surface area contributed by atoms with Crippen LogP contribution in [0.25, 0.3) is 6.08 Å². The summed E-state index contributed by atoms with van der Waals surface area (Å²) in [6.07, 6.45) is 3.97. The lowest BCUT2D eigenvalue weighted by molar-refractivity contribution is -0.142. The summed E-state index contributed by atoms with van der Waals surface area (Å²) in [6.45, 7) is 2.59. The van der Waals surface area contributed by atoms with E-state index in [-0.39, 0.29) is 22.8 Å². The average Bonchev–Trinajstić information content (AvgIpc) is 2.84. The zero-order chi connectivity index (χ0) is 24.7. The summed E-state index contributed by atoms with van der Waals surface area (Å²) in [5.74, 6) is -1.44. The van der Waals surface area contributed by atoms with E-state index >= 15 is 0 Å². The van der Waals surface area contributed by atoms with Crippen LogP contribution in [0.4, 0.5) is 0 Å². The van der Waals surface area contributed by atoms with Crippen LogP contribution in [0.1, 0.15) is 30.9 Å². The number of nitrogens with one attached hydrogen (secondary N) is 1. The molecule has 2 amide bonds. The van der Waals surface area contributed by atoms with Gasteiger partial charge >= 0.3 is 5.97 Å². The fourth-order valence-electron chi connectivity index (χ4n) is 3.54. The zero-order valence-corrected chi connectivity index (χ0v) is 20.2. The molecule has 0 bridgehead atoms. The maximum atomic E-state index is 12.6. The van der Waals surface area contributed by atoms with Gasteiger partial charge < -0.3 is 20.1 Å². The molecule has 3 rings (SSSR count). The first-order valence-electron chi connectivity index (χ1n) is 10.9. The van der Waals surface area contributed by atoms with Gasteiger partial charge in [0.1, 0.15) is 23.4 Å². The van der Waals surface area contributed by atoms with E-state index in [0.29, 0.717) is 48.9 Å². The first-order valence-corrected chi connectivity index (χ1v) is 11.7. The van der Waals surface area contributed by atoms with E-state index < -0.39 is 12.0 Å². The third kappa shape index (κ3) is 6.74. The minimum absolute atomic E-state index is 0.200. The number of hydrogen-bond acceptors (Lipinski definition) is 4. The smallest absolute Gasteiger partial charge is 0.325 e. The fourth-order valence-corrected chi connectivity index (χ4v) is 3.99. The molecule has 0 radical (unpaired) electrons. The van der Waals surface area contributed by atoms with Gasteiger partial charge in [0.05, 0.1) is 5.02 Å². The van der Waals surface area contributed by atoms with E-state index in [2.05, 4.69) is 5.32 Å². The van der Waals surface area contributed by atoms with Crippen molar-refractivity contribution in [3.05, 3.63) is 69.7 Å². The van der Waals surface area contributed by atoms with E-state index in [9.17, 15) is 14.4 Å². The van der Waals surface area contributed by atoms with Crippen molar-refractivity contribution in [3.8, 4) is 5.75 Å². The molecule has 0 aromatic heterocycles. The van der Waals surface area contributed by atoms with Crippen molar-refractivity contribution in [1.82, 2.24) is 10.2 Å². The van der Waals surface area contributed by atoms with Crippen LogP contribution in [0.5, 0.6) is 5.75 Å². The second-order valence-corrected chi connectivity index (χ2v) is 8.81. The quantitative estimate of drug-likeness (QED) is 0.519. The molecule has 1 aliphatic heterocycles. The lowest BCUT2D eigenvalue weighted by Crippen LogP contribution is -2.46. The Hall–Kier alpha value is -3.03. The van der Waals surface area contributed by atoms with Crippen molar-refractivity contribution in [2.45, 2.75) is 32.4 Å². The number of aliphatic carboxylic acids is 1. The van der Waals surface area contributed by atoms with Crippen LogP contribution in [0.3, 0.4) is 0 Å². The molecule has 1 fully saturated rings. The molecule has 180 valence electrons. The SMILES string of the molecule is C[C@H](NC(=O)C1CCN(C(=O)/C=C/c2ccc(OCc3ccccc3)c(Cl)c2Cl)CC1)C(=O)O. The number of amides is 2. The Morgan fingerprint density at radius 3 is 2.44 bits per heavy atom. The van der Waals surface area contributed by atoms with Crippen LogP contribution < -0.4 is 10.1 Å². The Kier molecular flexibility index (Phi) is 8.96. The van der Waals surface area contributed by atoms with Crippen molar-refractivity contribution in [2.75, 3.05) is 13.1 Å². The van der Waals surface area contributed by atoms with Crippen molar-refractivity contribution in [1.29, 1.82) is 0 Å². The Morgan fingerprint density at radius 2 is 1.79 bits per heavy atom. The number of nitrogens with zero attached hydrogens (tertiary/aromatic N) is 1. The first-order chi connectivity index (χ1) is 16.3. The van der Waals surface area contributed by atoms with Crippen molar-refractivity contribution in [3.63, 3.8) is 0 Å². The summed E-state index contributed by atoms with van der Waals surface area (Å²) in [5.41, 5.74) is 1.59. The monoisotopic (exact) mass is 504 g/mol. The standard InChI is InChI=1S/C25H26Cl2N2O5/c1-16(25(32)33)28-24(31)19-11-13-29(14-12-19)21(30)10-8-18-7-9-20(23(27)22(18)26)34-15-17-5-3-2-4-6-17/h2-10,16,19H,11-15H2,1H3,(H,28,31)(H,32,33)/b10-8+/t16-/m0/s1. The number of carboxylic acid groups (broad SMARTS) is 1. The van der Waals surface area contributed by atoms with E-state index in [1.54, 1.807) is 23.1 Å². The zero-order valence-electron chi connectivity index (χ0n) is 18.7. The van der Waals surface area contributed by atoms with Crippen molar-refractivity contribution < 1.29 is 24.2 Å². The third-order valence-electron chi connectivity index (χ3n) is 5.63. The highest BCUT2D eigenvalue weighted by atomic mass is 35.5. The van der Waals surface area contributed by atoms with E-state index in [4.69, 9.17) is 33.0 Å². The molecule has 1 aliphatic rings.